The number of ether oxygens (including phenoxy) is 1. The van der Waals surface area contributed by atoms with Crippen molar-refractivity contribution in [2.75, 3.05) is 18.5 Å². The van der Waals surface area contributed by atoms with E-state index in [1.807, 2.05) is 25.1 Å². The van der Waals surface area contributed by atoms with Crippen LogP contribution in [0.2, 0.25) is 0 Å². The summed E-state index contributed by atoms with van der Waals surface area (Å²) >= 11 is 0. The van der Waals surface area contributed by atoms with E-state index in [0.717, 1.165) is 23.4 Å². The van der Waals surface area contributed by atoms with Crippen molar-refractivity contribution in [1.82, 2.24) is 0 Å². The van der Waals surface area contributed by atoms with Gasteiger partial charge in [0.25, 0.3) is 0 Å². The molecular weight excluding hydrogens is 264 g/mol. The fourth-order valence-corrected chi connectivity index (χ4v) is 1.54. The molecule has 0 unspecified atom stereocenters. The number of nitrogens with one attached hydrogen (secondary N) is 1. The molecular formula is C14H23ClN2O2. The number of carbonyl (C=O) groups is 1. The molecule has 0 aliphatic carbocycles. The molecule has 0 saturated carbocycles. The Bertz CT molecular complexity index is 397. The first-order chi connectivity index (χ1) is 8.67. The number of anilines is 1. The summed E-state index contributed by atoms with van der Waals surface area (Å²) in [5.74, 6) is 0.712. The molecule has 1 amide bonds. The van der Waals surface area contributed by atoms with Gasteiger partial charge in [-0.25, -0.2) is 0 Å². The van der Waals surface area contributed by atoms with Gasteiger partial charge in [0.1, 0.15) is 5.75 Å². The summed E-state index contributed by atoms with van der Waals surface area (Å²) in [5.41, 5.74) is 7.23. The Labute approximate surface area is 121 Å². The minimum absolute atomic E-state index is 0. The van der Waals surface area contributed by atoms with Gasteiger partial charge in [0.2, 0.25) is 5.91 Å². The van der Waals surface area contributed by atoms with Crippen LogP contribution in [0, 0.1) is 6.92 Å². The van der Waals surface area contributed by atoms with Crippen LogP contribution in [0.5, 0.6) is 5.75 Å². The normalized spacial score (nSPS) is 9.63. The molecule has 0 atom stereocenters. The summed E-state index contributed by atoms with van der Waals surface area (Å²) in [6.07, 6.45) is 2.08. The number of benzene rings is 1. The predicted molar refractivity (Wildman–Crippen MR) is 81.1 cm³/mol. The van der Waals surface area contributed by atoms with E-state index in [1.54, 1.807) is 0 Å². The quantitative estimate of drug-likeness (QED) is 0.810. The Hall–Kier alpha value is -1.26. The maximum Gasteiger partial charge on any atom is 0.224 e. The number of rotatable bonds is 7. The van der Waals surface area contributed by atoms with E-state index < -0.39 is 0 Å². The highest BCUT2D eigenvalue weighted by Gasteiger charge is 2.07. The second-order valence-electron chi connectivity index (χ2n) is 4.29. The highest BCUT2D eigenvalue weighted by molar-refractivity contribution is 5.92. The zero-order valence-corrected chi connectivity index (χ0v) is 12.4. The Morgan fingerprint density at radius 3 is 2.79 bits per heavy atom. The monoisotopic (exact) mass is 286 g/mol. The SMILES string of the molecule is CCCOc1cc(C)ccc1NC(=O)CCCN.Cl. The van der Waals surface area contributed by atoms with Crippen LogP contribution < -0.4 is 15.8 Å². The van der Waals surface area contributed by atoms with Crippen molar-refractivity contribution in [3.8, 4) is 5.75 Å². The molecule has 0 saturated heterocycles. The molecule has 0 aromatic heterocycles. The standard InChI is InChI=1S/C14H22N2O2.ClH/c1-3-9-18-13-10-11(2)6-7-12(13)16-14(17)5-4-8-15;/h6-7,10H,3-5,8-9,15H2,1-2H3,(H,16,17);1H. The number of nitrogens with two attached hydrogens (primary N) is 1. The van der Waals surface area contributed by atoms with Gasteiger partial charge in [-0.05, 0) is 44.0 Å². The van der Waals surface area contributed by atoms with E-state index in [9.17, 15) is 4.79 Å². The van der Waals surface area contributed by atoms with Gasteiger partial charge in [0, 0.05) is 6.42 Å². The fourth-order valence-electron chi connectivity index (χ4n) is 1.54. The van der Waals surface area contributed by atoms with Crippen molar-refractivity contribution in [2.24, 2.45) is 5.73 Å². The third-order valence-corrected chi connectivity index (χ3v) is 2.48. The molecule has 1 aromatic rings. The third-order valence-electron chi connectivity index (χ3n) is 2.48. The molecule has 0 fully saturated rings. The Morgan fingerprint density at radius 2 is 2.16 bits per heavy atom. The van der Waals surface area contributed by atoms with Crippen LogP contribution in [-0.4, -0.2) is 19.1 Å². The van der Waals surface area contributed by atoms with Crippen molar-refractivity contribution in [3.05, 3.63) is 23.8 Å². The smallest absolute Gasteiger partial charge is 0.224 e. The van der Waals surface area contributed by atoms with Crippen molar-refractivity contribution < 1.29 is 9.53 Å². The molecule has 0 aliphatic heterocycles. The van der Waals surface area contributed by atoms with E-state index in [2.05, 4.69) is 12.2 Å². The molecule has 0 aliphatic rings. The lowest BCUT2D eigenvalue weighted by molar-refractivity contribution is -0.116. The molecule has 0 bridgehead atoms. The lowest BCUT2D eigenvalue weighted by Crippen LogP contribution is -2.14. The van der Waals surface area contributed by atoms with Gasteiger partial charge in [0.05, 0.1) is 12.3 Å². The average Bonchev–Trinajstić information content (AvgIpc) is 2.36. The Kier molecular flexibility index (Phi) is 9.00. The highest BCUT2D eigenvalue weighted by Crippen LogP contribution is 2.26. The largest absolute Gasteiger partial charge is 0.491 e. The lowest BCUT2D eigenvalue weighted by atomic mass is 10.2. The first kappa shape index (κ1) is 17.7. The van der Waals surface area contributed by atoms with Crippen LogP contribution >= 0.6 is 12.4 Å². The van der Waals surface area contributed by atoms with E-state index in [-0.39, 0.29) is 18.3 Å². The summed E-state index contributed by atoms with van der Waals surface area (Å²) in [4.78, 5) is 11.7. The highest BCUT2D eigenvalue weighted by atomic mass is 35.5. The van der Waals surface area contributed by atoms with Gasteiger partial charge in [-0.2, -0.15) is 0 Å². The summed E-state index contributed by atoms with van der Waals surface area (Å²) in [6, 6.07) is 5.77. The van der Waals surface area contributed by atoms with E-state index in [4.69, 9.17) is 10.5 Å². The van der Waals surface area contributed by atoms with Crippen molar-refractivity contribution >= 4 is 24.0 Å². The summed E-state index contributed by atoms with van der Waals surface area (Å²) in [7, 11) is 0. The molecule has 0 heterocycles. The molecule has 1 aromatic carbocycles. The van der Waals surface area contributed by atoms with Gasteiger partial charge in [-0.15, -0.1) is 12.4 Å². The molecule has 5 heteroatoms. The first-order valence-corrected chi connectivity index (χ1v) is 6.40. The number of halogens is 1. The number of hydrogen-bond acceptors (Lipinski definition) is 3. The molecule has 108 valence electrons. The minimum atomic E-state index is -0.0225. The molecule has 0 radical (unpaired) electrons. The lowest BCUT2D eigenvalue weighted by Gasteiger charge is -2.12. The number of hydrogen-bond donors (Lipinski definition) is 2. The molecule has 1 rings (SSSR count). The van der Waals surface area contributed by atoms with Gasteiger partial charge in [-0.1, -0.05) is 13.0 Å². The van der Waals surface area contributed by atoms with Gasteiger partial charge in [0.15, 0.2) is 0 Å². The summed E-state index contributed by atoms with van der Waals surface area (Å²) < 4.78 is 5.63. The van der Waals surface area contributed by atoms with Crippen LogP contribution in [0.4, 0.5) is 5.69 Å². The van der Waals surface area contributed by atoms with Gasteiger partial charge < -0.3 is 15.8 Å². The zero-order valence-electron chi connectivity index (χ0n) is 11.6. The first-order valence-electron chi connectivity index (χ1n) is 6.40. The molecule has 4 nitrogen and oxygen atoms in total. The van der Waals surface area contributed by atoms with Gasteiger partial charge >= 0.3 is 0 Å². The van der Waals surface area contributed by atoms with Crippen LogP contribution in [0.1, 0.15) is 31.7 Å². The third kappa shape index (κ3) is 6.45. The summed E-state index contributed by atoms with van der Waals surface area (Å²) in [6.45, 7) is 5.23. The molecule has 3 N–H and O–H groups in total. The van der Waals surface area contributed by atoms with E-state index in [0.29, 0.717) is 26.0 Å². The maximum absolute atomic E-state index is 11.7. The van der Waals surface area contributed by atoms with Crippen LogP contribution in [0.15, 0.2) is 18.2 Å². The number of amides is 1. The fraction of sp³-hybridized carbons (Fsp3) is 0.500. The van der Waals surface area contributed by atoms with Crippen LogP contribution in [0.3, 0.4) is 0 Å². The minimum Gasteiger partial charge on any atom is -0.491 e. The predicted octanol–water partition coefficient (Wildman–Crippen LogP) is 2.88. The molecule has 0 spiro atoms. The number of carbonyl (C=O) groups excluding carboxylic acids is 1. The topological polar surface area (TPSA) is 64.3 Å². The number of aryl methyl sites for hydroxylation is 1. The van der Waals surface area contributed by atoms with Crippen LogP contribution in [0.25, 0.3) is 0 Å². The van der Waals surface area contributed by atoms with Gasteiger partial charge in [-0.3, -0.25) is 4.79 Å². The van der Waals surface area contributed by atoms with E-state index in [1.165, 1.54) is 0 Å². The van der Waals surface area contributed by atoms with Crippen molar-refractivity contribution in [1.29, 1.82) is 0 Å². The second kappa shape index (κ2) is 9.64. The molecule has 19 heavy (non-hydrogen) atoms. The van der Waals surface area contributed by atoms with Crippen LogP contribution in [-0.2, 0) is 4.79 Å². The maximum atomic E-state index is 11.7. The van der Waals surface area contributed by atoms with Crippen molar-refractivity contribution in [2.45, 2.75) is 33.1 Å². The Morgan fingerprint density at radius 1 is 1.42 bits per heavy atom. The zero-order chi connectivity index (χ0) is 13.4. The second-order valence-corrected chi connectivity index (χ2v) is 4.29. The Balaban J connectivity index is 0.00000324. The van der Waals surface area contributed by atoms with Crippen molar-refractivity contribution in [3.63, 3.8) is 0 Å². The average molecular weight is 287 g/mol. The van der Waals surface area contributed by atoms with E-state index >= 15 is 0 Å². The summed E-state index contributed by atoms with van der Waals surface area (Å²) in [5, 5.41) is 2.86.